The highest BCUT2D eigenvalue weighted by molar-refractivity contribution is 5.88. The Kier molecular flexibility index (Phi) is 3.74. The van der Waals surface area contributed by atoms with Gasteiger partial charge in [0.1, 0.15) is 17.9 Å². The molecular weight excluding hydrogens is 340 g/mol. The van der Waals surface area contributed by atoms with E-state index in [1.165, 1.54) is 6.33 Å². The van der Waals surface area contributed by atoms with Crippen LogP contribution in [0, 0.1) is 5.92 Å². The molecule has 0 bridgehead atoms. The van der Waals surface area contributed by atoms with Gasteiger partial charge in [-0.1, -0.05) is 48.6 Å². The van der Waals surface area contributed by atoms with Crippen molar-refractivity contribution in [3.8, 4) is 0 Å². The van der Waals surface area contributed by atoms with Gasteiger partial charge < -0.3 is 9.73 Å². The third-order valence-corrected chi connectivity index (χ3v) is 5.13. The smallest absolute Gasteiger partial charge is 0.225 e. The van der Waals surface area contributed by atoms with E-state index in [4.69, 9.17) is 4.42 Å². The minimum absolute atomic E-state index is 0.0560. The lowest BCUT2D eigenvalue weighted by molar-refractivity contribution is -0.123. The van der Waals surface area contributed by atoms with Crippen LogP contribution in [0.25, 0.3) is 6.08 Å². The summed E-state index contributed by atoms with van der Waals surface area (Å²) < 4.78 is 7.30. The second-order valence-corrected chi connectivity index (χ2v) is 6.81. The van der Waals surface area contributed by atoms with Gasteiger partial charge in [-0.05, 0) is 17.7 Å². The van der Waals surface area contributed by atoms with Gasteiger partial charge in [-0.15, -0.1) is 0 Å². The number of hydrogen-bond donors (Lipinski definition) is 1. The second-order valence-electron chi connectivity index (χ2n) is 6.81. The molecule has 0 spiro atoms. The summed E-state index contributed by atoms with van der Waals surface area (Å²) in [5.74, 6) is 1.27. The van der Waals surface area contributed by atoms with E-state index in [9.17, 15) is 4.79 Å². The first-order valence-corrected chi connectivity index (χ1v) is 8.97. The van der Waals surface area contributed by atoms with Crippen LogP contribution in [0.2, 0.25) is 0 Å². The van der Waals surface area contributed by atoms with Crippen molar-refractivity contribution < 1.29 is 9.21 Å². The Hall–Kier alpha value is -3.41. The Morgan fingerprint density at radius 1 is 1.19 bits per heavy atom. The van der Waals surface area contributed by atoms with Crippen LogP contribution in [0.5, 0.6) is 0 Å². The lowest BCUT2D eigenvalue weighted by Crippen LogP contribution is -2.38. The maximum Gasteiger partial charge on any atom is 0.225 e. The molecule has 134 valence electrons. The predicted octanol–water partition coefficient (Wildman–Crippen LogP) is 3.81. The Morgan fingerprint density at radius 2 is 2.07 bits per heavy atom. The fraction of sp³-hybridized carbons (Fsp3) is 0.190. The average Bonchev–Trinajstić information content (AvgIpc) is 3.37. The number of nitrogens with one attached hydrogen (secondary N) is 1. The van der Waals surface area contributed by atoms with Crippen molar-refractivity contribution in [2.24, 2.45) is 5.92 Å². The molecule has 0 saturated heterocycles. The number of fused-ring (bicyclic) bond motifs is 2. The summed E-state index contributed by atoms with van der Waals surface area (Å²) in [6.07, 6.45) is 9.73. The molecule has 6 nitrogen and oxygen atoms in total. The highest BCUT2D eigenvalue weighted by atomic mass is 16.3. The van der Waals surface area contributed by atoms with Crippen molar-refractivity contribution in [1.82, 2.24) is 14.8 Å². The molecule has 2 aromatic heterocycles. The summed E-state index contributed by atoms with van der Waals surface area (Å²) in [6.45, 7) is 0. The van der Waals surface area contributed by atoms with Crippen LogP contribution >= 0.6 is 0 Å². The van der Waals surface area contributed by atoms with Crippen LogP contribution < -0.4 is 5.32 Å². The molecule has 3 atom stereocenters. The molecule has 3 heterocycles. The molecule has 0 saturated carbocycles. The number of nitrogens with zero attached hydrogens (tertiary/aromatic N) is 3. The van der Waals surface area contributed by atoms with Crippen LogP contribution in [0.15, 0.2) is 77.3 Å². The first-order valence-electron chi connectivity index (χ1n) is 8.97. The SMILES string of the molecule is O=C1C[C@@H](c2ccco2)C=C2Nc3ncnn3[C@@H](/C=C/c3ccccc3)[C@H]12. The molecule has 2 aliphatic rings. The Bertz CT molecular complexity index is 1020. The summed E-state index contributed by atoms with van der Waals surface area (Å²) >= 11 is 0. The van der Waals surface area contributed by atoms with E-state index in [0.717, 1.165) is 17.0 Å². The fourth-order valence-corrected chi connectivity index (χ4v) is 3.87. The van der Waals surface area contributed by atoms with Gasteiger partial charge in [-0.3, -0.25) is 4.79 Å². The third-order valence-electron chi connectivity index (χ3n) is 5.13. The minimum atomic E-state index is -0.301. The standard InChI is InChI=1S/C21H18N4O2/c26-18-12-15(19-7-4-10-27-19)11-16-20(18)17(25-21(24-16)22-13-23-25)9-8-14-5-2-1-3-6-14/h1-11,13,15,17,20H,12H2,(H,22,23,24)/b9-8+/t15-,17-,20+/m0/s1. The zero-order chi connectivity index (χ0) is 18.2. The molecule has 0 radical (unpaired) electrons. The molecule has 0 unspecified atom stereocenters. The van der Waals surface area contributed by atoms with Crippen molar-refractivity contribution in [3.05, 3.63) is 84.2 Å². The number of hydrogen-bond acceptors (Lipinski definition) is 5. The minimum Gasteiger partial charge on any atom is -0.469 e. The number of Topliss-reactive ketones (excluding diaryl/α,β-unsaturated/α-hetero) is 1. The molecule has 0 amide bonds. The van der Waals surface area contributed by atoms with Gasteiger partial charge in [0.15, 0.2) is 0 Å². The number of allylic oxidation sites excluding steroid dienone is 3. The molecule has 1 aliphatic carbocycles. The Morgan fingerprint density at radius 3 is 2.89 bits per heavy atom. The second kappa shape index (κ2) is 6.39. The van der Waals surface area contributed by atoms with Crippen LogP contribution in [0.3, 0.4) is 0 Å². The van der Waals surface area contributed by atoms with E-state index in [2.05, 4.69) is 21.5 Å². The van der Waals surface area contributed by atoms with Gasteiger partial charge in [0, 0.05) is 18.0 Å². The van der Waals surface area contributed by atoms with E-state index in [-0.39, 0.29) is 23.7 Å². The average molecular weight is 358 g/mol. The largest absolute Gasteiger partial charge is 0.469 e. The summed E-state index contributed by atoms with van der Waals surface area (Å²) in [6, 6.07) is 13.6. The van der Waals surface area contributed by atoms with Crippen LogP contribution in [-0.4, -0.2) is 20.5 Å². The topological polar surface area (TPSA) is 73.0 Å². The summed E-state index contributed by atoms with van der Waals surface area (Å²) in [4.78, 5) is 17.4. The van der Waals surface area contributed by atoms with Crippen molar-refractivity contribution in [2.75, 3.05) is 5.32 Å². The van der Waals surface area contributed by atoms with E-state index in [0.29, 0.717) is 12.4 Å². The predicted molar refractivity (Wildman–Crippen MR) is 101 cm³/mol. The van der Waals surface area contributed by atoms with Crippen LogP contribution in [-0.2, 0) is 4.79 Å². The zero-order valence-corrected chi connectivity index (χ0v) is 14.5. The number of carbonyl (C=O) groups excluding carboxylic acids is 1. The van der Waals surface area contributed by atoms with E-state index >= 15 is 0 Å². The lowest BCUT2D eigenvalue weighted by Gasteiger charge is -2.36. The lowest BCUT2D eigenvalue weighted by atomic mass is 9.78. The van der Waals surface area contributed by atoms with Crippen molar-refractivity contribution in [3.63, 3.8) is 0 Å². The highest BCUT2D eigenvalue weighted by Crippen LogP contribution is 2.42. The van der Waals surface area contributed by atoms with Gasteiger partial charge >= 0.3 is 0 Å². The molecule has 6 heteroatoms. The van der Waals surface area contributed by atoms with Crippen molar-refractivity contribution >= 4 is 17.8 Å². The zero-order valence-electron chi connectivity index (χ0n) is 14.5. The van der Waals surface area contributed by atoms with Gasteiger partial charge in [0.05, 0.1) is 18.2 Å². The highest BCUT2D eigenvalue weighted by Gasteiger charge is 2.41. The van der Waals surface area contributed by atoms with Gasteiger partial charge in [-0.25, -0.2) is 4.68 Å². The number of carbonyl (C=O) groups is 1. The first kappa shape index (κ1) is 15.8. The first-order chi connectivity index (χ1) is 13.3. The number of furan rings is 1. The number of anilines is 1. The van der Waals surface area contributed by atoms with E-state index in [1.54, 1.807) is 10.9 Å². The molecule has 0 fully saturated rings. The van der Waals surface area contributed by atoms with E-state index in [1.807, 2.05) is 54.6 Å². The van der Waals surface area contributed by atoms with E-state index < -0.39 is 0 Å². The molecule has 5 rings (SSSR count). The maximum atomic E-state index is 13.1. The van der Waals surface area contributed by atoms with Gasteiger partial charge in [-0.2, -0.15) is 10.1 Å². The third kappa shape index (κ3) is 2.79. The van der Waals surface area contributed by atoms with Gasteiger partial charge in [0.2, 0.25) is 5.95 Å². The Balaban J connectivity index is 1.54. The monoisotopic (exact) mass is 358 g/mol. The molecule has 1 aromatic carbocycles. The fourth-order valence-electron chi connectivity index (χ4n) is 3.87. The summed E-state index contributed by atoms with van der Waals surface area (Å²) in [5, 5.41) is 7.62. The molecule has 27 heavy (non-hydrogen) atoms. The number of rotatable bonds is 3. The van der Waals surface area contributed by atoms with Crippen molar-refractivity contribution in [1.29, 1.82) is 0 Å². The summed E-state index contributed by atoms with van der Waals surface area (Å²) in [5.41, 5.74) is 1.95. The molecule has 1 aliphatic heterocycles. The maximum absolute atomic E-state index is 13.1. The van der Waals surface area contributed by atoms with Gasteiger partial charge in [0.25, 0.3) is 0 Å². The molecular formula is C21H18N4O2. The Labute approximate surface area is 156 Å². The van der Waals surface area contributed by atoms with Crippen LogP contribution in [0.4, 0.5) is 5.95 Å². The number of benzene rings is 1. The normalized spacial score (nSPS) is 24.2. The van der Waals surface area contributed by atoms with Crippen LogP contribution in [0.1, 0.15) is 29.7 Å². The summed E-state index contributed by atoms with van der Waals surface area (Å²) in [7, 11) is 0. The number of ketones is 1. The van der Waals surface area contributed by atoms with Crippen molar-refractivity contribution in [2.45, 2.75) is 18.4 Å². The molecule has 1 N–H and O–H groups in total. The number of aromatic nitrogens is 3. The molecule has 3 aromatic rings. The quantitative estimate of drug-likeness (QED) is 0.771.